The third-order valence-corrected chi connectivity index (χ3v) is 6.33. The van der Waals surface area contributed by atoms with Gasteiger partial charge in [0.15, 0.2) is 5.75 Å². The molecule has 7 nitrogen and oxygen atoms in total. The average Bonchev–Trinajstić information content (AvgIpc) is 2.75. The number of methoxy groups -OCH3 is 1. The van der Waals surface area contributed by atoms with E-state index in [1.807, 2.05) is 0 Å². The summed E-state index contributed by atoms with van der Waals surface area (Å²) in [5.74, 6) is -1.19. The molecule has 1 aliphatic rings. The van der Waals surface area contributed by atoms with E-state index in [2.05, 4.69) is 4.72 Å². The highest BCUT2D eigenvalue weighted by Gasteiger charge is 2.26. The van der Waals surface area contributed by atoms with Gasteiger partial charge in [-0.3, -0.25) is 4.72 Å². The van der Waals surface area contributed by atoms with Crippen LogP contribution in [0.1, 0.15) is 10.4 Å². The highest BCUT2D eigenvalue weighted by molar-refractivity contribution is 7.92. The Kier molecular flexibility index (Phi) is 5.94. The monoisotopic (exact) mass is 477 g/mol. The van der Waals surface area contributed by atoms with E-state index in [4.69, 9.17) is 25.8 Å². The Morgan fingerprint density at radius 1 is 1.03 bits per heavy atom. The molecule has 1 heterocycles. The van der Waals surface area contributed by atoms with E-state index in [1.54, 1.807) is 24.3 Å². The van der Waals surface area contributed by atoms with Crippen LogP contribution in [0.15, 0.2) is 59.5 Å². The number of para-hydroxylation sites is 1. The topological polar surface area (TPSA) is 90.9 Å². The van der Waals surface area contributed by atoms with Crippen molar-refractivity contribution in [1.82, 2.24) is 0 Å². The summed E-state index contributed by atoms with van der Waals surface area (Å²) in [6.45, 7) is -0.0796. The maximum absolute atomic E-state index is 14.4. The summed E-state index contributed by atoms with van der Waals surface area (Å²) in [6, 6.07) is 13.0. The zero-order valence-electron chi connectivity index (χ0n) is 16.7. The molecule has 32 heavy (non-hydrogen) atoms. The molecule has 4 rings (SSSR count). The van der Waals surface area contributed by atoms with Gasteiger partial charge in [-0.1, -0.05) is 29.8 Å². The number of hydrogen-bond donors (Lipinski definition) is 1. The van der Waals surface area contributed by atoms with Crippen molar-refractivity contribution in [3.8, 4) is 22.6 Å². The molecule has 3 aromatic carbocycles. The first kappa shape index (κ1) is 21.9. The van der Waals surface area contributed by atoms with E-state index in [9.17, 15) is 17.6 Å². The summed E-state index contributed by atoms with van der Waals surface area (Å²) in [6.07, 6.45) is 0. The van der Waals surface area contributed by atoms with Gasteiger partial charge in [0.05, 0.1) is 23.4 Å². The zero-order valence-corrected chi connectivity index (χ0v) is 18.3. The second kappa shape index (κ2) is 8.68. The lowest BCUT2D eigenvalue weighted by Crippen LogP contribution is -2.16. The van der Waals surface area contributed by atoms with Crippen LogP contribution in [0.25, 0.3) is 11.1 Å². The van der Waals surface area contributed by atoms with Crippen molar-refractivity contribution < 1.29 is 31.8 Å². The Morgan fingerprint density at radius 3 is 2.56 bits per heavy atom. The molecule has 1 N–H and O–H groups in total. The highest BCUT2D eigenvalue weighted by Crippen LogP contribution is 2.36. The fourth-order valence-electron chi connectivity index (χ4n) is 3.30. The van der Waals surface area contributed by atoms with Crippen LogP contribution in [-0.4, -0.2) is 34.7 Å². The van der Waals surface area contributed by atoms with Crippen molar-refractivity contribution in [2.24, 2.45) is 0 Å². The number of sulfonamides is 1. The minimum absolute atomic E-state index is 0.0260. The van der Waals surface area contributed by atoms with Gasteiger partial charge in [0, 0.05) is 5.56 Å². The number of fused-ring (bicyclic) bond motifs is 6. The largest absolute Gasteiger partial charge is 0.494 e. The quantitative estimate of drug-likeness (QED) is 0.519. The first-order valence-electron chi connectivity index (χ1n) is 9.39. The normalized spacial score (nSPS) is 15.2. The third kappa shape index (κ3) is 4.35. The summed E-state index contributed by atoms with van der Waals surface area (Å²) >= 11 is 6.16. The predicted octanol–water partition coefficient (Wildman–Crippen LogP) is 4.50. The maximum atomic E-state index is 14.4. The van der Waals surface area contributed by atoms with Crippen LogP contribution < -0.4 is 14.2 Å². The van der Waals surface area contributed by atoms with E-state index in [-0.39, 0.29) is 35.2 Å². The minimum atomic E-state index is -4.32. The van der Waals surface area contributed by atoms with Crippen molar-refractivity contribution in [2.45, 2.75) is 4.90 Å². The number of halogens is 2. The zero-order chi connectivity index (χ0) is 22.9. The second-order valence-electron chi connectivity index (χ2n) is 6.80. The van der Waals surface area contributed by atoms with E-state index in [1.165, 1.54) is 25.3 Å². The molecule has 10 heteroatoms. The molecule has 0 amide bonds. The molecule has 1 aliphatic heterocycles. The third-order valence-electron chi connectivity index (χ3n) is 4.66. The number of benzene rings is 3. The van der Waals surface area contributed by atoms with Crippen LogP contribution in [0, 0.1) is 5.82 Å². The lowest BCUT2D eigenvalue weighted by atomic mass is 10.0. The summed E-state index contributed by atoms with van der Waals surface area (Å²) in [4.78, 5) is 12.1. The molecule has 0 radical (unpaired) electrons. The Balaban J connectivity index is 1.91. The van der Waals surface area contributed by atoms with Crippen molar-refractivity contribution in [1.29, 1.82) is 0 Å². The fraction of sp³-hybridized carbons (Fsp3) is 0.136. The van der Waals surface area contributed by atoms with Crippen LogP contribution in [-0.2, 0) is 14.8 Å². The molecule has 0 aliphatic carbocycles. The average molecular weight is 478 g/mol. The number of carbonyl (C=O) groups is 1. The Labute approximate surface area is 188 Å². The maximum Gasteiger partial charge on any atom is 0.338 e. The molecular weight excluding hydrogens is 461 g/mol. The van der Waals surface area contributed by atoms with Gasteiger partial charge in [0.1, 0.15) is 29.7 Å². The summed E-state index contributed by atoms with van der Waals surface area (Å²) in [5.41, 5.74) is 0.806. The molecule has 0 unspecified atom stereocenters. The Hall–Kier alpha value is -3.30. The molecular formula is C22H17ClFNO6S. The lowest BCUT2D eigenvalue weighted by molar-refractivity contribution is 0.0450. The first-order valence-corrected chi connectivity index (χ1v) is 11.2. The Morgan fingerprint density at radius 2 is 1.78 bits per heavy atom. The number of esters is 1. The number of cyclic esters (lactones) is 1. The van der Waals surface area contributed by atoms with E-state index in [0.29, 0.717) is 16.9 Å². The highest BCUT2D eigenvalue weighted by atomic mass is 35.5. The second-order valence-corrected chi connectivity index (χ2v) is 8.86. The predicted molar refractivity (Wildman–Crippen MR) is 116 cm³/mol. The molecule has 0 saturated heterocycles. The van der Waals surface area contributed by atoms with Gasteiger partial charge >= 0.3 is 5.97 Å². The van der Waals surface area contributed by atoms with Crippen LogP contribution in [0.3, 0.4) is 0 Å². The van der Waals surface area contributed by atoms with Crippen molar-refractivity contribution in [3.63, 3.8) is 0 Å². The lowest BCUT2D eigenvalue weighted by Gasteiger charge is -2.15. The minimum Gasteiger partial charge on any atom is -0.494 e. The van der Waals surface area contributed by atoms with Crippen LogP contribution in [0.5, 0.6) is 11.5 Å². The molecule has 0 fully saturated rings. The molecule has 166 valence electrons. The van der Waals surface area contributed by atoms with Crippen molar-refractivity contribution >= 4 is 33.3 Å². The summed E-state index contributed by atoms with van der Waals surface area (Å²) < 4.78 is 59.1. The van der Waals surface area contributed by atoms with Gasteiger partial charge in [-0.2, -0.15) is 0 Å². The van der Waals surface area contributed by atoms with E-state index >= 15 is 0 Å². The van der Waals surface area contributed by atoms with Gasteiger partial charge in [-0.25, -0.2) is 17.6 Å². The molecule has 4 bridgehead atoms. The van der Waals surface area contributed by atoms with Gasteiger partial charge in [-0.05, 0) is 42.0 Å². The standard InChI is InChI=1S/C22H17ClFNO6S/c1-29-21-18(23)10-14-11-20(21)32(27,28)25-16-9-13(8-15(24)12-16)17-4-2-3-5-19(17)30-6-7-31-22(14)26/h2-5,8-12,25H,6-7H2,1H3. The number of rotatable bonds is 1. The van der Waals surface area contributed by atoms with Crippen LogP contribution >= 0.6 is 11.6 Å². The van der Waals surface area contributed by atoms with E-state index in [0.717, 1.165) is 12.1 Å². The van der Waals surface area contributed by atoms with Crippen LogP contribution in [0.4, 0.5) is 10.1 Å². The SMILES string of the molecule is COc1c(Cl)cc2cc1S(=O)(=O)Nc1cc(F)cc(c1)-c1ccccc1OCCOC2=O. The Bertz CT molecular complexity index is 1310. The van der Waals surface area contributed by atoms with Gasteiger partial charge in [0.25, 0.3) is 10.0 Å². The molecule has 0 spiro atoms. The fourth-order valence-corrected chi connectivity index (χ4v) is 4.91. The number of hydrogen-bond acceptors (Lipinski definition) is 6. The smallest absolute Gasteiger partial charge is 0.338 e. The van der Waals surface area contributed by atoms with Crippen molar-refractivity contribution in [3.05, 3.63) is 71.0 Å². The van der Waals surface area contributed by atoms with Gasteiger partial charge in [-0.15, -0.1) is 0 Å². The molecule has 0 atom stereocenters. The number of nitrogens with one attached hydrogen (secondary N) is 1. The molecule has 3 aromatic rings. The molecule has 0 aromatic heterocycles. The summed E-state index contributed by atoms with van der Waals surface area (Å²) in [5, 5.41) is -0.102. The number of anilines is 1. The van der Waals surface area contributed by atoms with Crippen molar-refractivity contribution in [2.75, 3.05) is 25.0 Å². The van der Waals surface area contributed by atoms with Gasteiger partial charge in [0.2, 0.25) is 0 Å². The number of ether oxygens (including phenoxy) is 3. The van der Waals surface area contributed by atoms with E-state index < -0.39 is 26.7 Å². The summed E-state index contributed by atoms with van der Waals surface area (Å²) in [7, 11) is -3.08. The first-order chi connectivity index (χ1) is 15.3. The van der Waals surface area contributed by atoms with Gasteiger partial charge < -0.3 is 14.2 Å². The molecule has 0 saturated carbocycles. The van der Waals surface area contributed by atoms with Crippen LogP contribution in [0.2, 0.25) is 5.02 Å². The number of carbonyl (C=O) groups excluding carboxylic acids is 1.